The van der Waals surface area contributed by atoms with Gasteiger partial charge >= 0.3 is 0 Å². The molecule has 8 aromatic carbocycles. The average Bonchev–Trinajstić information content (AvgIpc) is 4.20. The van der Waals surface area contributed by atoms with Crippen LogP contribution in [-0.4, -0.2) is 14.1 Å². The molecule has 0 atom stereocenters. The molecule has 0 spiro atoms. The predicted octanol–water partition coefficient (Wildman–Crippen LogP) is 16.2. The lowest BCUT2D eigenvalue weighted by Gasteiger charge is -2.22. The molecule has 3 heterocycles. The van der Waals surface area contributed by atoms with Gasteiger partial charge in [-0.15, -0.1) is 0 Å². The van der Waals surface area contributed by atoms with Gasteiger partial charge in [-0.3, -0.25) is 13.7 Å². The van der Waals surface area contributed by atoms with Crippen molar-refractivity contribution < 1.29 is 23.0 Å². The molecule has 5 heteroatoms. The average molecular weight is 893 g/mol. The topological polar surface area (TPSA) is 35.9 Å². The molecule has 0 radical (unpaired) electrons. The van der Waals surface area contributed by atoms with Crippen molar-refractivity contribution in [1.29, 1.82) is 0 Å². The summed E-state index contributed by atoms with van der Waals surface area (Å²) in [4.78, 5) is 5.20. The lowest BCUT2D eigenvalue weighted by molar-refractivity contribution is -0.571. The van der Waals surface area contributed by atoms with Crippen molar-refractivity contribution in [2.24, 2.45) is 0 Å². The maximum Gasteiger partial charge on any atom is 0.269 e. The fourth-order valence-electron chi connectivity index (χ4n) is 9.50. The Hall–Kier alpha value is -8.02. The van der Waals surface area contributed by atoms with E-state index in [-0.39, 0.29) is 33.4 Å². The van der Waals surface area contributed by atoms with E-state index in [1.165, 1.54) is 11.1 Å². The zero-order valence-corrected chi connectivity index (χ0v) is 38.5. The SMILES string of the molecule is [2H]c1c([2H])c([2H])c(-c2cccc(-c3c([2H])c([2H])c([2H])c([2H])c3[2H])c2-[n+]2[c-]n(-c3cccc(Oc4ccc5c6ccccc6n(-c6cc(C(CC)CC)c(-c7ccc(C(C)(C)C)cc7)cn6)c5c4)c3)c3ccccc32)c([2H])c1[2H]. The van der Waals surface area contributed by atoms with E-state index in [4.69, 9.17) is 23.4 Å². The Morgan fingerprint density at radius 2 is 1.24 bits per heavy atom. The number of hydrogen-bond donors (Lipinski definition) is 0. The molecular formula is C63H54N4O. The second-order valence-corrected chi connectivity index (χ2v) is 18.1. The van der Waals surface area contributed by atoms with Gasteiger partial charge < -0.3 is 4.74 Å². The third-order valence-corrected chi connectivity index (χ3v) is 13.0. The van der Waals surface area contributed by atoms with E-state index in [0.29, 0.717) is 34.1 Å². The number of para-hydroxylation sites is 4. The number of pyridine rings is 1. The summed E-state index contributed by atoms with van der Waals surface area (Å²) in [5, 5.41) is 2.13. The number of rotatable bonds is 11. The van der Waals surface area contributed by atoms with Gasteiger partial charge in [0.2, 0.25) is 0 Å². The summed E-state index contributed by atoms with van der Waals surface area (Å²) < 4.78 is 99.8. The number of imidazole rings is 1. The highest BCUT2D eigenvalue weighted by Crippen LogP contribution is 2.40. The van der Waals surface area contributed by atoms with Crippen molar-refractivity contribution in [3.63, 3.8) is 0 Å². The van der Waals surface area contributed by atoms with Crippen LogP contribution in [0.1, 0.15) is 78.2 Å². The lowest BCUT2D eigenvalue weighted by atomic mass is 9.84. The first kappa shape index (κ1) is 32.6. The van der Waals surface area contributed by atoms with Gasteiger partial charge in [0.1, 0.15) is 17.3 Å². The molecule has 0 amide bonds. The Morgan fingerprint density at radius 1 is 0.603 bits per heavy atom. The van der Waals surface area contributed by atoms with Crippen LogP contribution >= 0.6 is 0 Å². The maximum atomic E-state index is 9.06. The van der Waals surface area contributed by atoms with Gasteiger partial charge in [-0.1, -0.05) is 186 Å². The molecule has 0 saturated heterocycles. The quantitative estimate of drug-likeness (QED) is 0.0958. The van der Waals surface area contributed by atoms with Crippen molar-refractivity contribution in [2.45, 2.75) is 58.8 Å². The molecule has 332 valence electrons. The van der Waals surface area contributed by atoms with Gasteiger partial charge in [0, 0.05) is 28.6 Å². The largest absolute Gasteiger partial charge is 0.458 e. The Bertz CT molecular complexity index is 4070. The van der Waals surface area contributed by atoms with Crippen molar-refractivity contribution in [3.05, 3.63) is 224 Å². The third kappa shape index (κ3) is 7.74. The molecular weight excluding hydrogens is 829 g/mol. The first-order valence-electron chi connectivity index (χ1n) is 28.1. The third-order valence-electron chi connectivity index (χ3n) is 13.0. The molecule has 0 aliphatic heterocycles. The standard InChI is InChI=1S/C63H54N4O/c1-6-43(7-2)55-40-61(64-41-56(55)46-32-34-47(35-33-46)63(3,4)5)67-57-29-15-14-26-53(57)54-37-36-50(39-60(54)67)68-49-25-18-24-48(38-49)65-42-66(59-31-17-16-30-58(59)65)62-51(44-20-10-8-11-21-44)27-19-28-52(62)45-22-12-9-13-23-45/h8-41,43H,6-7H2,1-5H3/i8D,9D,10D,11D,12D,13D,20D,21D,22D,23D. The van der Waals surface area contributed by atoms with Crippen LogP contribution in [0.5, 0.6) is 11.5 Å². The van der Waals surface area contributed by atoms with Crippen molar-refractivity contribution in [3.8, 4) is 62.1 Å². The maximum absolute atomic E-state index is 9.06. The molecule has 68 heavy (non-hydrogen) atoms. The predicted molar refractivity (Wildman–Crippen MR) is 281 cm³/mol. The van der Waals surface area contributed by atoms with Gasteiger partial charge in [0.25, 0.3) is 6.33 Å². The highest BCUT2D eigenvalue weighted by molar-refractivity contribution is 6.09. The normalized spacial score (nSPS) is 13.9. The van der Waals surface area contributed by atoms with Gasteiger partial charge in [-0.05, 0) is 106 Å². The first-order valence-corrected chi connectivity index (χ1v) is 23.1. The fraction of sp³-hybridized carbons (Fsp3) is 0.143. The molecule has 0 fully saturated rings. The summed E-state index contributed by atoms with van der Waals surface area (Å²) in [6, 6.07) is 40.1. The first-order chi connectivity index (χ1) is 37.4. The highest BCUT2D eigenvalue weighted by atomic mass is 16.5. The van der Waals surface area contributed by atoms with Crippen molar-refractivity contribution in [1.82, 2.24) is 14.1 Å². The molecule has 0 saturated carbocycles. The molecule has 0 aliphatic rings. The number of fused-ring (bicyclic) bond motifs is 4. The van der Waals surface area contributed by atoms with Gasteiger partial charge in [-0.2, -0.15) is 0 Å². The van der Waals surface area contributed by atoms with Crippen LogP contribution in [-0.2, 0) is 5.41 Å². The van der Waals surface area contributed by atoms with E-state index in [9.17, 15) is 0 Å². The minimum atomic E-state index is -0.566. The van der Waals surface area contributed by atoms with Crippen LogP contribution in [0, 0.1) is 6.33 Å². The van der Waals surface area contributed by atoms with E-state index < -0.39 is 60.4 Å². The Balaban J connectivity index is 1.04. The second kappa shape index (κ2) is 17.7. The molecule has 0 unspecified atom stereocenters. The number of hydrogen-bond acceptors (Lipinski definition) is 2. The van der Waals surface area contributed by atoms with Crippen LogP contribution in [0.15, 0.2) is 206 Å². The summed E-state index contributed by atoms with van der Waals surface area (Å²) in [5.41, 5.74) is 8.87. The van der Waals surface area contributed by atoms with E-state index in [2.05, 4.69) is 94.0 Å². The summed E-state index contributed by atoms with van der Waals surface area (Å²) >= 11 is 0. The molecule has 5 nitrogen and oxygen atoms in total. The van der Waals surface area contributed by atoms with Crippen LogP contribution < -0.4 is 9.30 Å². The number of ether oxygens (including phenoxy) is 1. The number of nitrogens with zero attached hydrogens (tertiary/aromatic N) is 4. The monoisotopic (exact) mass is 892 g/mol. The van der Waals surface area contributed by atoms with Crippen LogP contribution in [0.4, 0.5) is 0 Å². The minimum Gasteiger partial charge on any atom is -0.458 e. The van der Waals surface area contributed by atoms with Crippen LogP contribution in [0.25, 0.3) is 83.4 Å². The molecule has 11 rings (SSSR count). The van der Waals surface area contributed by atoms with Crippen LogP contribution in [0.3, 0.4) is 0 Å². The van der Waals surface area contributed by atoms with E-state index >= 15 is 0 Å². The van der Waals surface area contributed by atoms with E-state index in [0.717, 1.165) is 51.6 Å². The summed E-state index contributed by atoms with van der Waals surface area (Å²) in [5.74, 6) is 2.23. The summed E-state index contributed by atoms with van der Waals surface area (Å²) in [7, 11) is 0. The molecule has 0 bridgehead atoms. The summed E-state index contributed by atoms with van der Waals surface area (Å²) in [6.07, 6.45) is 7.45. The van der Waals surface area contributed by atoms with Gasteiger partial charge in [0.15, 0.2) is 0 Å². The summed E-state index contributed by atoms with van der Waals surface area (Å²) in [6.45, 7) is 11.2. The Kier molecular flexibility index (Phi) is 8.47. The Morgan fingerprint density at radius 3 is 1.93 bits per heavy atom. The lowest BCUT2D eigenvalue weighted by Crippen LogP contribution is -2.31. The molecule has 11 aromatic rings. The van der Waals surface area contributed by atoms with E-state index in [1.807, 2.05) is 79.0 Å². The second-order valence-electron chi connectivity index (χ2n) is 18.1. The zero-order chi connectivity index (χ0) is 55.1. The fourth-order valence-corrected chi connectivity index (χ4v) is 9.50. The van der Waals surface area contributed by atoms with E-state index in [1.54, 1.807) is 27.3 Å². The molecule has 0 aliphatic carbocycles. The Labute approximate surface area is 413 Å². The van der Waals surface area contributed by atoms with Crippen molar-refractivity contribution >= 4 is 32.8 Å². The van der Waals surface area contributed by atoms with Gasteiger partial charge in [-0.25, -0.2) is 4.98 Å². The van der Waals surface area contributed by atoms with Crippen LogP contribution in [0.2, 0.25) is 0 Å². The minimum absolute atomic E-state index is 0.0363. The number of benzene rings is 8. The number of aromatic nitrogens is 4. The molecule has 0 N–H and O–H groups in total. The molecule has 3 aromatic heterocycles. The zero-order valence-electron chi connectivity index (χ0n) is 48.5. The highest BCUT2D eigenvalue weighted by Gasteiger charge is 2.22. The van der Waals surface area contributed by atoms with Crippen molar-refractivity contribution in [2.75, 3.05) is 0 Å². The smallest absolute Gasteiger partial charge is 0.269 e. The van der Waals surface area contributed by atoms with Gasteiger partial charge in [0.05, 0.1) is 47.1 Å².